The first-order valence-corrected chi connectivity index (χ1v) is 9.80. The first-order valence-electron chi connectivity index (χ1n) is 9.80. The molecule has 2 rings (SSSR count). The van der Waals surface area contributed by atoms with Crippen LogP contribution in [0.1, 0.15) is 63.2 Å². The lowest BCUT2D eigenvalue weighted by atomic mass is 10.1. The molecule has 8 nitrogen and oxygen atoms in total. The molecule has 0 unspecified atom stereocenters. The van der Waals surface area contributed by atoms with E-state index in [0.717, 1.165) is 0 Å². The second-order valence-corrected chi connectivity index (χ2v) is 6.37. The number of aromatic nitrogens is 1. The maximum atomic E-state index is 12.6. The molecule has 8 heteroatoms. The lowest BCUT2D eigenvalue weighted by molar-refractivity contribution is 0.0471. The number of ether oxygens (including phenoxy) is 4. The second-order valence-electron chi connectivity index (χ2n) is 6.37. The minimum atomic E-state index is -0.668. The normalized spacial score (nSPS) is 10.4. The number of aromatic amines is 1. The first kappa shape index (κ1) is 23.0. The van der Waals surface area contributed by atoms with Crippen LogP contribution in [0.4, 0.5) is 0 Å². The number of carbonyl (C=O) groups is 3. The Morgan fingerprint density at radius 3 is 2.17 bits per heavy atom. The highest BCUT2D eigenvalue weighted by Crippen LogP contribution is 2.29. The first-order chi connectivity index (χ1) is 14.3. The van der Waals surface area contributed by atoms with Crippen molar-refractivity contribution >= 4 is 17.7 Å². The van der Waals surface area contributed by atoms with Gasteiger partial charge in [0.1, 0.15) is 0 Å². The van der Waals surface area contributed by atoms with E-state index in [4.69, 9.17) is 18.9 Å². The van der Waals surface area contributed by atoms with Gasteiger partial charge in [-0.25, -0.2) is 9.59 Å². The van der Waals surface area contributed by atoms with Crippen LogP contribution in [0.5, 0.6) is 11.5 Å². The summed E-state index contributed by atoms with van der Waals surface area (Å²) in [5.41, 5.74) is 1.76. The number of nitrogens with one attached hydrogen (secondary N) is 1. The smallest absolute Gasteiger partial charge is 0.340 e. The summed E-state index contributed by atoms with van der Waals surface area (Å²) in [5, 5.41) is 0. The highest BCUT2D eigenvalue weighted by molar-refractivity contribution is 6.03. The van der Waals surface area contributed by atoms with Crippen LogP contribution < -0.4 is 9.47 Å². The van der Waals surface area contributed by atoms with Crippen LogP contribution in [0.3, 0.4) is 0 Å². The number of hydrogen-bond donors (Lipinski definition) is 1. The molecule has 0 aliphatic rings. The van der Waals surface area contributed by atoms with Gasteiger partial charge >= 0.3 is 11.9 Å². The number of rotatable bonds is 10. The summed E-state index contributed by atoms with van der Waals surface area (Å²) in [4.78, 5) is 39.9. The van der Waals surface area contributed by atoms with Crippen LogP contribution in [0.2, 0.25) is 0 Å². The van der Waals surface area contributed by atoms with E-state index in [1.54, 1.807) is 32.9 Å². The molecule has 0 amide bonds. The van der Waals surface area contributed by atoms with Gasteiger partial charge in [-0.05, 0) is 58.4 Å². The molecule has 30 heavy (non-hydrogen) atoms. The minimum absolute atomic E-state index is 0.213. The summed E-state index contributed by atoms with van der Waals surface area (Å²) in [6, 6.07) is 4.68. The van der Waals surface area contributed by atoms with E-state index in [2.05, 4.69) is 4.98 Å². The van der Waals surface area contributed by atoms with E-state index in [1.807, 2.05) is 13.8 Å². The number of carbonyl (C=O) groups excluding carboxylic acids is 3. The van der Waals surface area contributed by atoms with Crippen LogP contribution >= 0.6 is 0 Å². The van der Waals surface area contributed by atoms with Crippen molar-refractivity contribution in [3.05, 3.63) is 46.3 Å². The van der Waals surface area contributed by atoms with Crippen molar-refractivity contribution in [2.75, 3.05) is 26.4 Å². The van der Waals surface area contributed by atoms with Crippen molar-refractivity contribution in [1.82, 2.24) is 4.98 Å². The molecule has 0 saturated carbocycles. The molecule has 1 N–H and O–H groups in total. The Hall–Kier alpha value is -3.29. The van der Waals surface area contributed by atoms with E-state index >= 15 is 0 Å². The van der Waals surface area contributed by atoms with E-state index < -0.39 is 24.3 Å². The van der Waals surface area contributed by atoms with Crippen molar-refractivity contribution in [3.63, 3.8) is 0 Å². The Labute approximate surface area is 175 Å². The molecule has 1 aromatic carbocycles. The fourth-order valence-corrected chi connectivity index (χ4v) is 3.00. The van der Waals surface area contributed by atoms with Gasteiger partial charge in [-0.3, -0.25) is 4.79 Å². The zero-order valence-electron chi connectivity index (χ0n) is 17.9. The third kappa shape index (κ3) is 5.20. The van der Waals surface area contributed by atoms with E-state index in [0.29, 0.717) is 41.5 Å². The molecule has 162 valence electrons. The standard InChI is InChI=1S/C22H27NO7/c1-6-27-17-10-9-15(11-18(17)28-7-2)21(25)30-12-16(24)20-13(4)19(14(5)23-20)22(26)29-8-3/h9-11,23H,6-8,12H2,1-5H3. The predicted octanol–water partition coefficient (Wildman–Crippen LogP) is 3.65. The molecule has 0 aliphatic carbocycles. The fraction of sp³-hybridized carbons (Fsp3) is 0.409. The Morgan fingerprint density at radius 2 is 1.53 bits per heavy atom. The minimum Gasteiger partial charge on any atom is -0.490 e. The SMILES string of the molecule is CCOC(=O)c1c(C)[nH]c(C(=O)COC(=O)c2ccc(OCC)c(OCC)c2)c1C. The van der Waals surface area contributed by atoms with Gasteiger partial charge in [-0.15, -0.1) is 0 Å². The average Bonchev–Trinajstić information content (AvgIpc) is 3.02. The number of benzene rings is 1. The Morgan fingerprint density at radius 1 is 0.867 bits per heavy atom. The summed E-state index contributed by atoms with van der Waals surface area (Å²) in [7, 11) is 0. The quantitative estimate of drug-likeness (QED) is 0.465. The third-order valence-corrected chi connectivity index (χ3v) is 4.31. The largest absolute Gasteiger partial charge is 0.490 e. The number of esters is 2. The number of Topliss-reactive ketones (excluding diaryl/α,β-unsaturated/α-hetero) is 1. The van der Waals surface area contributed by atoms with Crippen LogP contribution in [0, 0.1) is 13.8 Å². The van der Waals surface area contributed by atoms with Gasteiger partial charge in [-0.1, -0.05) is 0 Å². The van der Waals surface area contributed by atoms with Crippen LogP contribution in [-0.4, -0.2) is 49.1 Å². The molecule has 1 heterocycles. The number of hydrogen-bond acceptors (Lipinski definition) is 7. The van der Waals surface area contributed by atoms with Crippen molar-refractivity contribution in [2.45, 2.75) is 34.6 Å². The van der Waals surface area contributed by atoms with Crippen molar-refractivity contribution in [1.29, 1.82) is 0 Å². The molecule has 0 bridgehead atoms. The number of aryl methyl sites for hydroxylation is 1. The molecular weight excluding hydrogens is 390 g/mol. The number of ketones is 1. The molecule has 0 saturated heterocycles. The molecule has 2 aromatic rings. The highest BCUT2D eigenvalue weighted by atomic mass is 16.5. The van der Waals surface area contributed by atoms with E-state index in [1.165, 1.54) is 6.07 Å². The summed E-state index contributed by atoms with van der Waals surface area (Å²) in [6.45, 7) is 9.33. The van der Waals surface area contributed by atoms with E-state index in [-0.39, 0.29) is 17.9 Å². The van der Waals surface area contributed by atoms with Crippen LogP contribution in [0.15, 0.2) is 18.2 Å². The Balaban J connectivity index is 2.11. The number of H-pyrrole nitrogens is 1. The van der Waals surface area contributed by atoms with Crippen molar-refractivity contribution in [3.8, 4) is 11.5 Å². The predicted molar refractivity (Wildman–Crippen MR) is 110 cm³/mol. The van der Waals surface area contributed by atoms with Gasteiger partial charge < -0.3 is 23.9 Å². The zero-order valence-corrected chi connectivity index (χ0v) is 17.9. The maximum absolute atomic E-state index is 12.6. The Bertz CT molecular complexity index is 930. The van der Waals surface area contributed by atoms with Crippen LogP contribution in [0.25, 0.3) is 0 Å². The van der Waals surface area contributed by atoms with Crippen LogP contribution in [-0.2, 0) is 9.47 Å². The average molecular weight is 417 g/mol. The summed E-state index contributed by atoms with van der Waals surface area (Å²) in [6.07, 6.45) is 0. The topological polar surface area (TPSA) is 104 Å². The Kier molecular flexibility index (Phi) is 8.03. The molecule has 1 aromatic heterocycles. The van der Waals surface area contributed by atoms with Gasteiger partial charge in [0.2, 0.25) is 5.78 Å². The maximum Gasteiger partial charge on any atom is 0.340 e. The van der Waals surface area contributed by atoms with Gasteiger partial charge in [0.05, 0.1) is 36.6 Å². The summed E-state index contributed by atoms with van der Waals surface area (Å²) in [5.74, 6) is -0.669. The van der Waals surface area contributed by atoms with Gasteiger partial charge in [0, 0.05) is 5.69 Å². The molecule has 0 atom stereocenters. The van der Waals surface area contributed by atoms with Gasteiger partial charge in [0.15, 0.2) is 18.1 Å². The molecule has 0 fully saturated rings. The zero-order chi connectivity index (χ0) is 22.3. The lowest BCUT2D eigenvalue weighted by Crippen LogP contribution is -2.16. The van der Waals surface area contributed by atoms with Crippen molar-refractivity contribution < 1.29 is 33.3 Å². The third-order valence-electron chi connectivity index (χ3n) is 4.31. The monoisotopic (exact) mass is 417 g/mol. The van der Waals surface area contributed by atoms with Gasteiger partial charge in [0.25, 0.3) is 0 Å². The highest BCUT2D eigenvalue weighted by Gasteiger charge is 2.24. The summed E-state index contributed by atoms with van der Waals surface area (Å²) >= 11 is 0. The van der Waals surface area contributed by atoms with Crippen molar-refractivity contribution in [2.24, 2.45) is 0 Å². The molecule has 0 aliphatic heterocycles. The van der Waals surface area contributed by atoms with Gasteiger partial charge in [-0.2, -0.15) is 0 Å². The summed E-state index contributed by atoms with van der Waals surface area (Å²) < 4.78 is 21.2. The molecular formula is C22H27NO7. The molecule has 0 spiro atoms. The second kappa shape index (κ2) is 10.5. The lowest BCUT2D eigenvalue weighted by Gasteiger charge is -2.12. The van der Waals surface area contributed by atoms with E-state index in [9.17, 15) is 14.4 Å². The molecule has 0 radical (unpaired) electrons. The fourth-order valence-electron chi connectivity index (χ4n) is 3.00.